The molecule has 0 spiro atoms. The van der Waals surface area contributed by atoms with Gasteiger partial charge in [0.25, 0.3) is 0 Å². The monoisotopic (exact) mass is 400 g/mol. The fraction of sp³-hybridized carbons (Fsp3) is 0.571. The fourth-order valence-electron chi connectivity index (χ4n) is 3.52. The van der Waals surface area contributed by atoms with Crippen LogP contribution in [0.25, 0.3) is 0 Å². The Kier molecular flexibility index (Phi) is 7.72. The van der Waals surface area contributed by atoms with Crippen molar-refractivity contribution in [2.24, 2.45) is 4.99 Å². The van der Waals surface area contributed by atoms with E-state index >= 15 is 0 Å². The minimum Gasteiger partial charge on any atom is -0.493 e. The number of aliphatic imine (C=N–C) groups is 1. The first kappa shape index (κ1) is 21.0. The predicted molar refractivity (Wildman–Crippen MR) is 115 cm³/mol. The highest BCUT2D eigenvalue weighted by Gasteiger charge is 2.14. The first-order valence-electron chi connectivity index (χ1n) is 10.4. The number of nitrogens with one attached hydrogen (secondary N) is 2. The summed E-state index contributed by atoms with van der Waals surface area (Å²) < 4.78 is 13.3. The number of benzene rings is 1. The van der Waals surface area contributed by atoms with Gasteiger partial charge in [0.2, 0.25) is 0 Å². The van der Waals surface area contributed by atoms with Crippen LogP contribution in [0.15, 0.2) is 23.2 Å². The Balaban J connectivity index is 1.50. The van der Waals surface area contributed by atoms with Crippen molar-refractivity contribution in [3.63, 3.8) is 0 Å². The van der Waals surface area contributed by atoms with Crippen LogP contribution in [0, 0.1) is 0 Å². The number of rotatable bonds is 8. The summed E-state index contributed by atoms with van der Waals surface area (Å²) in [6.45, 7) is 4.39. The van der Waals surface area contributed by atoms with Crippen molar-refractivity contribution < 1.29 is 9.47 Å². The van der Waals surface area contributed by atoms with Crippen LogP contribution in [0.3, 0.4) is 0 Å². The van der Waals surface area contributed by atoms with Gasteiger partial charge in [-0.15, -0.1) is 10.2 Å². The lowest BCUT2D eigenvalue weighted by molar-refractivity contribution is 0.311. The molecular weight excluding hydrogens is 368 g/mol. The standard InChI is InChI=1S/C21H32N6O2/c1-4-29-18-15-16(11-12-17(18)28-3)24-21(22-2)23-13-8-10-20-26-25-19-9-6-5-7-14-27(19)20/h11-12,15H,4-10,13-14H2,1-3H3,(H2,22,23,24). The highest BCUT2D eigenvalue weighted by molar-refractivity contribution is 5.93. The van der Waals surface area contributed by atoms with Crippen LogP contribution in [0.5, 0.6) is 11.5 Å². The molecule has 0 bridgehead atoms. The molecule has 0 saturated heterocycles. The predicted octanol–water partition coefficient (Wildman–Crippen LogP) is 3.03. The number of aromatic nitrogens is 3. The van der Waals surface area contributed by atoms with E-state index in [1.165, 1.54) is 19.3 Å². The highest BCUT2D eigenvalue weighted by Crippen LogP contribution is 2.30. The number of nitrogens with zero attached hydrogens (tertiary/aromatic N) is 4. The minimum absolute atomic E-state index is 0.582. The second-order valence-corrected chi connectivity index (χ2v) is 7.02. The molecule has 2 aromatic rings. The zero-order chi connectivity index (χ0) is 20.5. The van der Waals surface area contributed by atoms with Crippen molar-refractivity contribution in [1.82, 2.24) is 20.1 Å². The SMILES string of the molecule is CCOc1cc(NC(=NC)NCCCc2nnc3n2CCCCC3)ccc1OC. The third-order valence-electron chi connectivity index (χ3n) is 5.01. The van der Waals surface area contributed by atoms with Crippen LogP contribution in [0.4, 0.5) is 5.69 Å². The summed E-state index contributed by atoms with van der Waals surface area (Å²) in [5.41, 5.74) is 0.894. The number of aryl methyl sites for hydroxylation is 2. The van der Waals surface area contributed by atoms with Crippen molar-refractivity contribution in [1.29, 1.82) is 0 Å². The molecule has 0 aliphatic carbocycles. The molecule has 0 radical (unpaired) electrons. The normalized spacial score (nSPS) is 14.1. The molecule has 0 atom stereocenters. The van der Waals surface area contributed by atoms with Gasteiger partial charge >= 0.3 is 0 Å². The second-order valence-electron chi connectivity index (χ2n) is 7.02. The zero-order valence-electron chi connectivity index (χ0n) is 17.7. The molecule has 1 aromatic heterocycles. The van der Waals surface area contributed by atoms with Gasteiger partial charge < -0.3 is 24.7 Å². The topological polar surface area (TPSA) is 85.6 Å². The molecule has 3 rings (SSSR count). The average Bonchev–Trinajstić information content (AvgIpc) is 2.96. The molecule has 2 N–H and O–H groups in total. The van der Waals surface area contributed by atoms with Gasteiger partial charge in [-0.2, -0.15) is 0 Å². The van der Waals surface area contributed by atoms with E-state index in [0.29, 0.717) is 18.1 Å². The van der Waals surface area contributed by atoms with Gasteiger partial charge in [0, 0.05) is 44.7 Å². The number of hydrogen-bond acceptors (Lipinski definition) is 5. The van der Waals surface area contributed by atoms with Crippen LogP contribution in [-0.4, -0.2) is 48.0 Å². The van der Waals surface area contributed by atoms with Crippen molar-refractivity contribution in [3.05, 3.63) is 29.8 Å². The molecule has 0 saturated carbocycles. The maximum atomic E-state index is 5.64. The second kappa shape index (κ2) is 10.7. The van der Waals surface area contributed by atoms with Crippen LogP contribution >= 0.6 is 0 Å². The molecule has 8 nitrogen and oxygen atoms in total. The summed E-state index contributed by atoms with van der Waals surface area (Å²) in [7, 11) is 3.40. The molecule has 1 aromatic carbocycles. The zero-order valence-corrected chi connectivity index (χ0v) is 17.7. The number of methoxy groups -OCH3 is 1. The molecule has 29 heavy (non-hydrogen) atoms. The quantitative estimate of drug-likeness (QED) is 0.402. The largest absolute Gasteiger partial charge is 0.493 e. The lowest BCUT2D eigenvalue weighted by Gasteiger charge is -2.14. The maximum Gasteiger partial charge on any atom is 0.195 e. The Bertz CT molecular complexity index is 817. The Morgan fingerprint density at radius 3 is 2.90 bits per heavy atom. The van der Waals surface area contributed by atoms with E-state index in [2.05, 4.69) is 30.4 Å². The molecular formula is C21H32N6O2. The van der Waals surface area contributed by atoms with Gasteiger partial charge in [0.05, 0.1) is 13.7 Å². The smallest absolute Gasteiger partial charge is 0.195 e. The van der Waals surface area contributed by atoms with Gasteiger partial charge in [-0.05, 0) is 38.3 Å². The Morgan fingerprint density at radius 1 is 1.21 bits per heavy atom. The summed E-state index contributed by atoms with van der Waals surface area (Å²) in [5, 5.41) is 15.4. The molecule has 0 unspecified atom stereocenters. The van der Waals surface area contributed by atoms with E-state index < -0.39 is 0 Å². The van der Waals surface area contributed by atoms with Crippen molar-refractivity contribution >= 4 is 11.6 Å². The number of anilines is 1. The minimum atomic E-state index is 0.582. The van der Waals surface area contributed by atoms with E-state index in [1.807, 2.05) is 25.1 Å². The molecule has 1 aliphatic rings. The van der Waals surface area contributed by atoms with Crippen LogP contribution in [0.1, 0.15) is 44.3 Å². The van der Waals surface area contributed by atoms with Crippen molar-refractivity contribution in [3.8, 4) is 11.5 Å². The van der Waals surface area contributed by atoms with E-state index in [9.17, 15) is 0 Å². The lowest BCUT2D eigenvalue weighted by Crippen LogP contribution is -2.31. The summed E-state index contributed by atoms with van der Waals surface area (Å²) >= 11 is 0. The molecule has 1 aliphatic heterocycles. The third-order valence-corrected chi connectivity index (χ3v) is 5.01. The third kappa shape index (κ3) is 5.62. The van der Waals surface area contributed by atoms with Gasteiger partial charge in [-0.1, -0.05) is 6.42 Å². The number of guanidine groups is 1. The van der Waals surface area contributed by atoms with Gasteiger partial charge in [-0.3, -0.25) is 4.99 Å². The number of ether oxygens (including phenoxy) is 2. The van der Waals surface area contributed by atoms with Crippen LogP contribution in [-0.2, 0) is 19.4 Å². The average molecular weight is 401 g/mol. The first-order valence-corrected chi connectivity index (χ1v) is 10.4. The van der Waals surface area contributed by atoms with Crippen molar-refractivity contribution in [2.75, 3.05) is 32.6 Å². The summed E-state index contributed by atoms with van der Waals surface area (Å²) in [6.07, 6.45) is 6.65. The summed E-state index contributed by atoms with van der Waals surface area (Å²) in [4.78, 5) is 4.31. The summed E-state index contributed by atoms with van der Waals surface area (Å²) in [5.74, 6) is 4.39. The highest BCUT2D eigenvalue weighted by atomic mass is 16.5. The molecule has 0 amide bonds. The fourth-order valence-corrected chi connectivity index (χ4v) is 3.52. The van der Waals surface area contributed by atoms with E-state index in [0.717, 1.165) is 55.6 Å². The molecule has 2 heterocycles. The number of fused-ring (bicyclic) bond motifs is 1. The van der Waals surface area contributed by atoms with E-state index in [-0.39, 0.29) is 0 Å². The number of hydrogen-bond donors (Lipinski definition) is 2. The molecule has 0 fully saturated rings. The van der Waals surface area contributed by atoms with Gasteiger partial charge in [0.15, 0.2) is 17.5 Å². The van der Waals surface area contributed by atoms with E-state index in [4.69, 9.17) is 9.47 Å². The van der Waals surface area contributed by atoms with Gasteiger partial charge in [-0.25, -0.2) is 0 Å². The van der Waals surface area contributed by atoms with Crippen molar-refractivity contribution in [2.45, 2.75) is 52.0 Å². The molecule has 158 valence electrons. The van der Waals surface area contributed by atoms with Crippen LogP contribution in [0.2, 0.25) is 0 Å². The maximum absolute atomic E-state index is 5.64. The Morgan fingerprint density at radius 2 is 2.10 bits per heavy atom. The van der Waals surface area contributed by atoms with Gasteiger partial charge in [0.1, 0.15) is 11.6 Å². The lowest BCUT2D eigenvalue weighted by atomic mass is 10.2. The molecule has 8 heteroatoms. The summed E-state index contributed by atoms with van der Waals surface area (Å²) in [6, 6.07) is 5.75. The van der Waals surface area contributed by atoms with Crippen LogP contribution < -0.4 is 20.1 Å². The Labute approximate surface area is 172 Å². The Hall–Kier alpha value is -2.77. The van der Waals surface area contributed by atoms with E-state index in [1.54, 1.807) is 14.2 Å². The first-order chi connectivity index (χ1) is 14.2.